The average Bonchev–Trinajstić information content (AvgIpc) is 3.00. The van der Waals surface area contributed by atoms with Gasteiger partial charge >= 0.3 is 0 Å². The normalized spacial score (nSPS) is 14.7. The SMILES string of the molecule is O=C(NCCO)[C@H](c1ccccc1)N(Cc1ccc(F)cc1)C(=O)COc1ccc(S(=O)(=O)N2CCOCC2)cc1. The van der Waals surface area contributed by atoms with Crippen LogP contribution in [0.4, 0.5) is 4.39 Å². The minimum Gasteiger partial charge on any atom is -0.484 e. The molecule has 1 heterocycles. The van der Waals surface area contributed by atoms with Gasteiger partial charge in [-0.1, -0.05) is 42.5 Å². The number of aliphatic hydroxyl groups excluding tert-OH is 1. The van der Waals surface area contributed by atoms with E-state index in [0.717, 1.165) is 0 Å². The van der Waals surface area contributed by atoms with Crippen LogP contribution in [-0.4, -0.2) is 80.6 Å². The van der Waals surface area contributed by atoms with E-state index in [-0.39, 0.29) is 43.4 Å². The van der Waals surface area contributed by atoms with E-state index in [2.05, 4.69) is 5.32 Å². The molecule has 0 aliphatic carbocycles. The first-order valence-electron chi connectivity index (χ1n) is 13.1. The second-order valence-corrected chi connectivity index (χ2v) is 11.2. The number of morpholine rings is 1. The van der Waals surface area contributed by atoms with Crippen molar-refractivity contribution >= 4 is 21.8 Å². The summed E-state index contributed by atoms with van der Waals surface area (Å²) < 4.78 is 51.6. The molecule has 0 aromatic heterocycles. The molecule has 1 atom stereocenters. The third kappa shape index (κ3) is 7.88. The lowest BCUT2D eigenvalue weighted by Crippen LogP contribution is -2.45. The zero-order chi connectivity index (χ0) is 29.2. The van der Waals surface area contributed by atoms with Gasteiger partial charge in [-0.05, 0) is 47.5 Å². The second-order valence-electron chi connectivity index (χ2n) is 9.25. The Labute approximate surface area is 238 Å². The number of hydrogen-bond acceptors (Lipinski definition) is 7. The fraction of sp³-hybridized carbons (Fsp3) is 0.310. The van der Waals surface area contributed by atoms with Gasteiger partial charge in [0.1, 0.15) is 17.6 Å². The Balaban J connectivity index is 1.54. The Morgan fingerprint density at radius 3 is 2.29 bits per heavy atom. The predicted octanol–water partition coefficient (Wildman–Crippen LogP) is 2.10. The first kappa shape index (κ1) is 30.1. The van der Waals surface area contributed by atoms with Crippen molar-refractivity contribution in [1.29, 1.82) is 0 Å². The quantitative estimate of drug-likeness (QED) is 0.334. The molecule has 0 radical (unpaired) electrons. The number of ether oxygens (including phenoxy) is 2. The number of rotatable bonds is 12. The summed E-state index contributed by atoms with van der Waals surface area (Å²) >= 11 is 0. The van der Waals surface area contributed by atoms with E-state index in [1.54, 1.807) is 30.3 Å². The second kappa shape index (κ2) is 14.2. The van der Waals surface area contributed by atoms with E-state index in [9.17, 15) is 27.5 Å². The zero-order valence-corrected chi connectivity index (χ0v) is 23.1. The van der Waals surface area contributed by atoms with Crippen molar-refractivity contribution in [2.24, 2.45) is 0 Å². The molecule has 1 saturated heterocycles. The van der Waals surface area contributed by atoms with Gasteiger partial charge in [-0.3, -0.25) is 9.59 Å². The summed E-state index contributed by atoms with van der Waals surface area (Å²) in [7, 11) is -3.69. The Hall–Kier alpha value is -3.84. The van der Waals surface area contributed by atoms with Crippen LogP contribution in [0.3, 0.4) is 0 Å². The molecular formula is C29H32FN3O7S. The number of carbonyl (C=O) groups is 2. The van der Waals surface area contributed by atoms with Gasteiger partial charge in [0.25, 0.3) is 5.91 Å². The topological polar surface area (TPSA) is 125 Å². The highest BCUT2D eigenvalue weighted by atomic mass is 32.2. The van der Waals surface area contributed by atoms with Gasteiger partial charge in [0.2, 0.25) is 15.9 Å². The highest BCUT2D eigenvalue weighted by molar-refractivity contribution is 7.89. The van der Waals surface area contributed by atoms with E-state index < -0.39 is 40.3 Å². The van der Waals surface area contributed by atoms with Crippen LogP contribution < -0.4 is 10.1 Å². The van der Waals surface area contributed by atoms with E-state index >= 15 is 0 Å². The average molecular weight is 586 g/mol. The van der Waals surface area contributed by atoms with Gasteiger partial charge in [0.15, 0.2) is 6.61 Å². The third-order valence-corrected chi connectivity index (χ3v) is 8.38. The van der Waals surface area contributed by atoms with Crippen molar-refractivity contribution in [2.45, 2.75) is 17.5 Å². The molecule has 10 nitrogen and oxygen atoms in total. The van der Waals surface area contributed by atoms with Crippen molar-refractivity contribution < 1.29 is 37.0 Å². The molecule has 0 bridgehead atoms. The van der Waals surface area contributed by atoms with Gasteiger partial charge in [0.05, 0.1) is 24.7 Å². The molecule has 2 N–H and O–H groups in total. The van der Waals surface area contributed by atoms with Crippen LogP contribution in [0.5, 0.6) is 5.75 Å². The first-order valence-corrected chi connectivity index (χ1v) is 14.5. The largest absolute Gasteiger partial charge is 0.484 e. The lowest BCUT2D eigenvalue weighted by molar-refractivity contribution is -0.143. The Morgan fingerprint density at radius 1 is 1.00 bits per heavy atom. The van der Waals surface area contributed by atoms with Crippen LogP contribution in [0.25, 0.3) is 0 Å². The molecule has 1 aliphatic heterocycles. The lowest BCUT2D eigenvalue weighted by atomic mass is 10.0. The van der Waals surface area contributed by atoms with Gasteiger partial charge in [-0.25, -0.2) is 12.8 Å². The molecule has 0 unspecified atom stereocenters. The Morgan fingerprint density at radius 2 is 1.66 bits per heavy atom. The maximum absolute atomic E-state index is 13.6. The summed E-state index contributed by atoms with van der Waals surface area (Å²) in [6.07, 6.45) is 0. The highest BCUT2D eigenvalue weighted by Gasteiger charge is 2.32. The van der Waals surface area contributed by atoms with Crippen molar-refractivity contribution in [2.75, 3.05) is 46.1 Å². The van der Waals surface area contributed by atoms with Crippen LogP contribution in [-0.2, 0) is 30.9 Å². The van der Waals surface area contributed by atoms with Crippen molar-refractivity contribution in [3.05, 3.63) is 95.8 Å². The van der Waals surface area contributed by atoms with Crippen LogP contribution in [0.1, 0.15) is 17.2 Å². The molecule has 0 spiro atoms. The minimum atomic E-state index is -3.69. The van der Waals surface area contributed by atoms with Crippen molar-refractivity contribution in [3.8, 4) is 5.75 Å². The molecule has 3 aromatic carbocycles. The van der Waals surface area contributed by atoms with E-state index in [1.165, 1.54) is 57.7 Å². The van der Waals surface area contributed by atoms with Crippen LogP contribution >= 0.6 is 0 Å². The Kier molecular flexibility index (Phi) is 10.4. The van der Waals surface area contributed by atoms with Crippen LogP contribution in [0, 0.1) is 5.82 Å². The zero-order valence-electron chi connectivity index (χ0n) is 22.3. The van der Waals surface area contributed by atoms with Crippen LogP contribution in [0.15, 0.2) is 83.8 Å². The third-order valence-electron chi connectivity index (χ3n) is 6.47. The number of nitrogens with zero attached hydrogens (tertiary/aromatic N) is 2. The highest BCUT2D eigenvalue weighted by Crippen LogP contribution is 2.25. The number of hydrogen-bond donors (Lipinski definition) is 2. The minimum absolute atomic E-state index is 0.00302. The number of amides is 2. The number of aliphatic hydroxyl groups is 1. The number of carbonyl (C=O) groups excluding carboxylic acids is 2. The number of halogens is 1. The molecule has 218 valence electrons. The summed E-state index contributed by atoms with van der Waals surface area (Å²) in [5, 5.41) is 11.9. The molecular weight excluding hydrogens is 553 g/mol. The fourth-order valence-electron chi connectivity index (χ4n) is 4.37. The number of sulfonamides is 1. The molecule has 1 aliphatic rings. The summed E-state index contributed by atoms with van der Waals surface area (Å²) in [5.74, 6) is -1.21. The van der Waals surface area contributed by atoms with Gasteiger partial charge in [0, 0.05) is 26.2 Å². The molecule has 2 amide bonds. The first-order chi connectivity index (χ1) is 19.8. The molecule has 1 fully saturated rings. The standard InChI is InChI=1S/C29H32FN3O7S/c30-24-8-6-22(7-9-24)20-33(28(29(36)31-14-17-34)23-4-2-1-3-5-23)27(35)21-40-25-10-12-26(13-11-25)41(37,38)32-15-18-39-19-16-32/h1-13,28,34H,14-21H2,(H,31,36)/t28-/m0/s1. The van der Waals surface area contributed by atoms with Crippen LogP contribution in [0.2, 0.25) is 0 Å². The smallest absolute Gasteiger partial charge is 0.261 e. The van der Waals surface area contributed by atoms with E-state index in [0.29, 0.717) is 24.3 Å². The summed E-state index contributed by atoms with van der Waals surface area (Å²) in [4.78, 5) is 28.3. The van der Waals surface area contributed by atoms with E-state index in [4.69, 9.17) is 9.47 Å². The predicted molar refractivity (Wildman–Crippen MR) is 148 cm³/mol. The van der Waals surface area contributed by atoms with Crippen molar-refractivity contribution in [1.82, 2.24) is 14.5 Å². The maximum Gasteiger partial charge on any atom is 0.261 e. The number of benzene rings is 3. The van der Waals surface area contributed by atoms with Gasteiger partial charge < -0.3 is 24.8 Å². The van der Waals surface area contributed by atoms with Gasteiger partial charge in [-0.2, -0.15) is 4.31 Å². The monoisotopic (exact) mass is 585 g/mol. The fourth-order valence-corrected chi connectivity index (χ4v) is 5.77. The van der Waals surface area contributed by atoms with E-state index in [1.807, 2.05) is 0 Å². The maximum atomic E-state index is 13.6. The van der Waals surface area contributed by atoms with Crippen molar-refractivity contribution in [3.63, 3.8) is 0 Å². The Bertz CT molecular complexity index is 1400. The lowest BCUT2D eigenvalue weighted by Gasteiger charge is -2.31. The molecule has 41 heavy (non-hydrogen) atoms. The number of nitrogens with one attached hydrogen (secondary N) is 1. The molecule has 4 rings (SSSR count). The van der Waals surface area contributed by atoms with Gasteiger partial charge in [-0.15, -0.1) is 0 Å². The summed E-state index contributed by atoms with van der Waals surface area (Å²) in [6, 6.07) is 19.0. The molecule has 3 aromatic rings. The summed E-state index contributed by atoms with van der Waals surface area (Å²) in [5.41, 5.74) is 1.13. The molecule has 12 heteroatoms. The molecule has 0 saturated carbocycles. The summed E-state index contributed by atoms with van der Waals surface area (Å²) in [6.45, 7) is 0.452.